The molecule has 29 heavy (non-hydrogen) atoms. The number of nitrogens with zero attached hydrogens (tertiary/aromatic N) is 3. The van der Waals surface area contributed by atoms with E-state index in [1.54, 1.807) is 24.3 Å². The lowest BCUT2D eigenvalue weighted by Crippen LogP contribution is -2.47. The number of benzene rings is 2. The normalized spacial score (nSPS) is 18.0. The number of nitrogens with one attached hydrogen (secondary N) is 1. The highest BCUT2D eigenvalue weighted by atomic mass is 35.5. The van der Waals surface area contributed by atoms with Gasteiger partial charge < -0.3 is 5.32 Å². The molecule has 2 aliphatic rings. The highest BCUT2D eigenvalue weighted by molar-refractivity contribution is 7.95. The molecule has 2 heterocycles. The van der Waals surface area contributed by atoms with Crippen molar-refractivity contribution in [3.05, 3.63) is 54.1 Å². The van der Waals surface area contributed by atoms with Crippen molar-refractivity contribution >= 4 is 52.1 Å². The van der Waals surface area contributed by atoms with Crippen LogP contribution in [0.15, 0.2) is 42.5 Å². The Morgan fingerprint density at radius 1 is 0.897 bits per heavy atom. The molecule has 0 amide bonds. The van der Waals surface area contributed by atoms with Crippen LogP contribution in [0.1, 0.15) is 0 Å². The first-order valence-corrected chi connectivity index (χ1v) is 10.2. The Bertz CT molecular complexity index is 959. The van der Waals surface area contributed by atoms with Crippen molar-refractivity contribution in [2.75, 3.05) is 47.9 Å². The van der Waals surface area contributed by atoms with Gasteiger partial charge in [0.1, 0.15) is 11.6 Å². The average Bonchev–Trinajstić information content (AvgIpc) is 2.89. The summed E-state index contributed by atoms with van der Waals surface area (Å²) in [7, 11) is -4.06. The number of hydrogen-bond donors (Lipinski definition) is 1. The minimum Gasteiger partial charge on any atom is -0.314 e. The van der Waals surface area contributed by atoms with Crippen molar-refractivity contribution in [3.63, 3.8) is 0 Å². The van der Waals surface area contributed by atoms with Crippen molar-refractivity contribution in [1.29, 1.82) is 0 Å². The third-order valence-electron chi connectivity index (χ3n) is 4.83. The van der Waals surface area contributed by atoms with Crippen LogP contribution in [0.2, 0.25) is 0 Å². The predicted molar refractivity (Wildman–Crippen MR) is 115 cm³/mol. The van der Waals surface area contributed by atoms with Crippen LogP contribution >= 0.6 is 24.8 Å². The van der Waals surface area contributed by atoms with E-state index in [1.165, 1.54) is 4.31 Å². The van der Waals surface area contributed by atoms with Crippen molar-refractivity contribution in [3.8, 4) is 0 Å². The summed E-state index contributed by atoms with van der Waals surface area (Å²) < 4.78 is 56.7. The Labute approximate surface area is 181 Å². The fourth-order valence-electron chi connectivity index (χ4n) is 3.49. The number of hydrogen-bond acceptors (Lipinski definition) is 4. The van der Waals surface area contributed by atoms with E-state index < -0.39 is 21.8 Å². The number of halogens is 4. The quantitative estimate of drug-likeness (QED) is 0.752. The van der Waals surface area contributed by atoms with Crippen LogP contribution in [-0.4, -0.2) is 52.6 Å². The first-order valence-electron chi connectivity index (χ1n) is 8.78. The van der Waals surface area contributed by atoms with Crippen LogP contribution in [-0.2, 0) is 10.2 Å². The molecular weight excluding hydrogens is 445 g/mol. The SMILES string of the molecule is Cl.Cl.O=S1(=O)N(CCN2CCNCC2)c2ccccc2N1c1cc(F)ccc1F. The van der Waals surface area contributed by atoms with Gasteiger partial charge in [-0.15, -0.1) is 24.8 Å². The van der Waals surface area contributed by atoms with Gasteiger partial charge in [0.2, 0.25) is 0 Å². The van der Waals surface area contributed by atoms with E-state index in [2.05, 4.69) is 10.2 Å². The summed E-state index contributed by atoms with van der Waals surface area (Å²) in [5, 5.41) is 3.26. The van der Waals surface area contributed by atoms with Crippen LogP contribution < -0.4 is 13.9 Å². The molecule has 0 aromatic heterocycles. The summed E-state index contributed by atoms with van der Waals surface area (Å²) >= 11 is 0. The second-order valence-electron chi connectivity index (χ2n) is 6.52. The maximum absolute atomic E-state index is 14.4. The number of fused-ring (bicyclic) bond motifs is 1. The third-order valence-corrected chi connectivity index (χ3v) is 6.63. The van der Waals surface area contributed by atoms with Crippen LogP contribution in [0.3, 0.4) is 0 Å². The predicted octanol–water partition coefficient (Wildman–Crippen LogP) is 2.92. The fraction of sp³-hybridized carbons (Fsp3) is 0.333. The van der Waals surface area contributed by atoms with Crippen LogP contribution in [0, 0.1) is 11.6 Å². The molecule has 0 bridgehead atoms. The van der Waals surface area contributed by atoms with E-state index in [-0.39, 0.29) is 37.0 Å². The van der Waals surface area contributed by atoms with Gasteiger partial charge in [-0.3, -0.25) is 4.90 Å². The zero-order valence-corrected chi connectivity index (χ0v) is 17.9. The van der Waals surface area contributed by atoms with Crippen LogP contribution in [0.5, 0.6) is 0 Å². The van der Waals surface area contributed by atoms with Crippen molar-refractivity contribution in [2.45, 2.75) is 0 Å². The topological polar surface area (TPSA) is 55.9 Å². The molecule has 2 aliphatic heterocycles. The van der Waals surface area contributed by atoms with Gasteiger partial charge in [-0.25, -0.2) is 17.4 Å². The molecule has 1 N–H and O–H groups in total. The number of anilines is 3. The first-order chi connectivity index (χ1) is 13.0. The number of para-hydroxylation sites is 2. The van der Waals surface area contributed by atoms with E-state index in [9.17, 15) is 17.2 Å². The molecule has 2 aromatic rings. The van der Waals surface area contributed by atoms with Gasteiger partial charge in [-0.1, -0.05) is 12.1 Å². The molecule has 0 spiro atoms. The standard InChI is InChI=1S/C18H20F2N4O2S.2ClH/c19-14-5-6-15(20)18(13-14)24-17-4-2-1-3-16(17)23(27(24,25)26)12-11-22-9-7-21-8-10-22;;/h1-6,13,21H,7-12H2;2*1H. The third kappa shape index (κ3) is 4.44. The Balaban J connectivity index is 0.00000150. The Morgan fingerprint density at radius 3 is 2.24 bits per heavy atom. The molecule has 0 radical (unpaired) electrons. The minimum atomic E-state index is -4.06. The molecule has 6 nitrogen and oxygen atoms in total. The fourth-order valence-corrected chi connectivity index (χ4v) is 5.20. The lowest BCUT2D eigenvalue weighted by Gasteiger charge is -2.29. The lowest BCUT2D eigenvalue weighted by molar-refractivity contribution is 0.248. The monoisotopic (exact) mass is 466 g/mol. The van der Waals surface area contributed by atoms with E-state index in [1.807, 2.05) is 0 Å². The molecule has 4 rings (SSSR count). The Kier molecular flexibility index (Phi) is 7.69. The van der Waals surface area contributed by atoms with Crippen LogP contribution in [0.4, 0.5) is 25.8 Å². The zero-order valence-electron chi connectivity index (χ0n) is 15.4. The summed E-state index contributed by atoms with van der Waals surface area (Å²) in [5.41, 5.74) is 0.478. The zero-order chi connectivity index (χ0) is 19.0. The van der Waals surface area contributed by atoms with Crippen molar-refractivity contribution in [1.82, 2.24) is 10.2 Å². The van der Waals surface area contributed by atoms with Crippen molar-refractivity contribution < 1.29 is 17.2 Å². The molecular formula is C18H22Cl2F2N4O2S. The summed E-state index contributed by atoms with van der Waals surface area (Å²) in [6, 6.07) is 9.51. The smallest absolute Gasteiger partial charge is 0.314 e. The highest BCUT2D eigenvalue weighted by Crippen LogP contribution is 2.45. The molecule has 11 heteroatoms. The summed E-state index contributed by atoms with van der Waals surface area (Å²) in [5.74, 6) is -1.49. The molecule has 0 unspecified atom stereocenters. The minimum absolute atomic E-state index is 0. The summed E-state index contributed by atoms with van der Waals surface area (Å²) in [6.07, 6.45) is 0. The van der Waals surface area contributed by atoms with Gasteiger partial charge in [0.15, 0.2) is 0 Å². The molecule has 0 aliphatic carbocycles. The van der Waals surface area contributed by atoms with E-state index in [0.29, 0.717) is 17.9 Å². The van der Waals surface area contributed by atoms with Gasteiger partial charge in [0, 0.05) is 45.3 Å². The second-order valence-corrected chi connectivity index (χ2v) is 8.22. The van der Waals surface area contributed by atoms with Gasteiger partial charge in [0.05, 0.1) is 17.1 Å². The maximum Gasteiger partial charge on any atom is 0.331 e. The molecule has 0 saturated carbocycles. The molecule has 1 saturated heterocycles. The average molecular weight is 467 g/mol. The van der Waals surface area contributed by atoms with E-state index >= 15 is 0 Å². The first kappa shape index (κ1) is 23.6. The van der Waals surface area contributed by atoms with Gasteiger partial charge in [-0.2, -0.15) is 8.42 Å². The second kappa shape index (κ2) is 9.44. The van der Waals surface area contributed by atoms with Gasteiger partial charge in [-0.05, 0) is 24.3 Å². The van der Waals surface area contributed by atoms with Gasteiger partial charge in [0.25, 0.3) is 0 Å². The summed E-state index contributed by atoms with van der Waals surface area (Å²) in [4.78, 5) is 2.18. The van der Waals surface area contributed by atoms with E-state index in [0.717, 1.165) is 48.7 Å². The molecule has 160 valence electrons. The largest absolute Gasteiger partial charge is 0.331 e. The Morgan fingerprint density at radius 2 is 1.55 bits per heavy atom. The molecule has 2 aromatic carbocycles. The number of rotatable bonds is 4. The van der Waals surface area contributed by atoms with Crippen molar-refractivity contribution in [2.24, 2.45) is 0 Å². The lowest BCUT2D eigenvalue weighted by atomic mass is 10.2. The maximum atomic E-state index is 14.4. The Hall–Kier alpha value is -1.65. The molecule has 0 atom stereocenters. The van der Waals surface area contributed by atoms with E-state index in [4.69, 9.17) is 0 Å². The van der Waals surface area contributed by atoms with Gasteiger partial charge >= 0.3 is 10.2 Å². The molecule has 1 fully saturated rings. The van der Waals surface area contributed by atoms with Crippen LogP contribution in [0.25, 0.3) is 0 Å². The highest BCUT2D eigenvalue weighted by Gasteiger charge is 2.42. The number of piperazine rings is 1. The summed E-state index contributed by atoms with van der Waals surface area (Å²) in [6.45, 7) is 4.23.